The Morgan fingerprint density at radius 1 is 1.17 bits per heavy atom. The number of rotatable bonds is 4. The highest BCUT2D eigenvalue weighted by Gasteiger charge is 2.39. The summed E-state index contributed by atoms with van der Waals surface area (Å²) in [5.41, 5.74) is 0.201. The van der Waals surface area contributed by atoms with Crippen LogP contribution in [0.1, 0.15) is 58.3 Å². The quantitative estimate of drug-likeness (QED) is 0.826. The summed E-state index contributed by atoms with van der Waals surface area (Å²) in [6.45, 7) is 6.66. The highest BCUT2D eigenvalue weighted by Crippen LogP contribution is 2.35. The molecular weight excluding hydrogens is 290 g/mol. The molecule has 2 aliphatic heterocycles. The second kappa shape index (κ2) is 7.95. The zero-order chi connectivity index (χ0) is 16.1. The molecule has 2 saturated heterocycles. The Bertz CT molecular complexity index is 390. The number of likely N-dealkylation sites (tertiary alicyclic amines) is 1. The second-order valence-corrected chi connectivity index (χ2v) is 7.56. The first kappa shape index (κ1) is 17.2. The second-order valence-electron chi connectivity index (χ2n) is 7.56. The summed E-state index contributed by atoms with van der Waals surface area (Å²) in [5.74, 6) is 0.110. The van der Waals surface area contributed by atoms with E-state index < -0.39 is 0 Å². The van der Waals surface area contributed by atoms with Crippen molar-refractivity contribution in [2.24, 2.45) is 0 Å². The molecule has 0 spiro atoms. The number of hydrogen-bond donors (Lipinski definition) is 2. The third-order valence-corrected chi connectivity index (χ3v) is 6.00. The molecule has 0 aromatic rings. The molecule has 1 aliphatic carbocycles. The number of hydrogen-bond acceptors (Lipinski definition) is 4. The van der Waals surface area contributed by atoms with Gasteiger partial charge in [0.05, 0.1) is 12.7 Å². The first-order valence-electron chi connectivity index (χ1n) is 9.59. The van der Waals surface area contributed by atoms with Gasteiger partial charge >= 0.3 is 0 Å². The molecule has 2 atom stereocenters. The molecule has 0 unspecified atom stereocenters. The van der Waals surface area contributed by atoms with E-state index in [4.69, 9.17) is 4.74 Å². The van der Waals surface area contributed by atoms with Crippen LogP contribution in [0.25, 0.3) is 0 Å². The van der Waals surface area contributed by atoms with Gasteiger partial charge < -0.3 is 15.4 Å². The van der Waals surface area contributed by atoms with E-state index in [1.54, 1.807) is 0 Å². The highest BCUT2D eigenvalue weighted by molar-refractivity contribution is 5.82. The number of ether oxygens (including phenoxy) is 1. The Labute approximate surface area is 140 Å². The molecule has 1 saturated carbocycles. The van der Waals surface area contributed by atoms with Crippen molar-refractivity contribution >= 4 is 5.91 Å². The lowest BCUT2D eigenvalue weighted by Crippen LogP contribution is -2.61. The van der Waals surface area contributed by atoms with E-state index in [0.29, 0.717) is 6.61 Å². The van der Waals surface area contributed by atoms with Crippen molar-refractivity contribution in [1.82, 2.24) is 15.5 Å². The van der Waals surface area contributed by atoms with Crippen LogP contribution in [0, 0.1) is 0 Å². The summed E-state index contributed by atoms with van der Waals surface area (Å²) in [5, 5.41) is 6.57. The molecular formula is C18H33N3O2. The molecule has 5 heteroatoms. The molecule has 3 fully saturated rings. The zero-order valence-corrected chi connectivity index (χ0v) is 14.6. The van der Waals surface area contributed by atoms with Gasteiger partial charge in [0.1, 0.15) is 6.04 Å². The van der Waals surface area contributed by atoms with Crippen LogP contribution in [0.3, 0.4) is 0 Å². The fourth-order valence-electron chi connectivity index (χ4n) is 4.57. The lowest BCUT2D eigenvalue weighted by atomic mass is 9.79. The van der Waals surface area contributed by atoms with Gasteiger partial charge in [0.15, 0.2) is 0 Å². The highest BCUT2D eigenvalue weighted by atomic mass is 16.5. The van der Waals surface area contributed by atoms with E-state index in [1.807, 2.05) is 6.92 Å². The maximum absolute atomic E-state index is 12.6. The van der Waals surface area contributed by atoms with Crippen molar-refractivity contribution in [3.63, 3.8) is 0 Å². The van der Waals surface area contributed by atoms with Gasteiger partial charge in [-0.2, -0.15) is 0 Å². The monoisotopic (exact) mass is 323 g/mol. The number of morpholine rings is 1. The van der Waals surface area contributed by atoms with Gasteiger partial charge in [-0.1, -0.05) is 25.7 Å². The largest absolute Gasteiger partial charge is 0.375 e. The molecule has 0 aromatic heterocycles. The van der Waals surface area contributed by atoms with E-state index in [1.165, 1.54) is 64.5 Å². The normalized spacial score (nSPS) is 32.4. The Morgan fingerprint density at radius 3 is 2.57 bits per heavy atom. The summed E-state index contributed by atoms with van der Waals surface area (Å²) in [4.78, 5) is 15.3. The lowest BCUT2D eigenvalue weighted by Gasteiger charge is -2.48. The molecule has 5 nitrogen and oxygen atoms in total. The maximum atomic E-state index is 12.6. The number of piperidine rings is 1. The van der Waals surface area contributed by atoms with E-state index >= 15 is 0 Å². The predicted molar refractivity (Wildman–Crippen MR) is 91.5 cm³/mol. The predicted octanol–water partition coefficient (Wildman–Crippen LogP) is 1.67. The average Bonchev–Trinajstić information content (AvgIpc) is 2.62. The van der Waals surface area contributed by atoms with Crippen LogP contribution in [0.15, 0.2) is 0 Å². The SMILES string of the molecule is C[C@H]1OCCN[C@@H]1C(=O)NCC1(N2CCCCC2)CCCCC1. The summed E-state index contributed by atoms with van der Waals surface area (Å²) >= 11 is 0. The van der Waals surface area contributed by atoms with Gasteiger partial charge in [-0.15, -0.1) is 0 Å². The average molecular weight is 323 g/mol. The summed E-state index contributed by atoms with van der Waals surface area (Å²) in [7, 11) is 0. The Hall–Kier alpha value is -0.650. The standard InChI is InChI=1S/C18H33N3O2/c1-15-16(19-10-13-23-15)17(22)20-14-18(8-4-2-5-9-18)21-11-6-3-7-12-21/h15-16,19H,2-14H2,1H3,(H,20,22)/t15-,16+/m1/s1. The molecule has 0 radical (unpaired) electrons. The van der Waals surface area contributed by atoms with Crippen molar-refractivity contribution in [2.45, 2.75) is 76.0 Å². The van der Waals surface area contributed by atoms with Crippen molar-refractivity contribution in [2.75, 3.05) is 32.8 Å². The number of carbonyl (C=O) groups is 1. The summed E-state index contributed by atoms with van der Waals surface area (Å²) in [6.07, 6.45) is 10.4. The lowest BCUT2D eigenvalue weighted by molar-refractivity contribution is -0.129. The van der Waals surface area contributed by atoms with Crippen LogP contribution in [0.4, 0.5) is 0 Å². The van der Waals surface area contributed by atoms with Gasteiger partial charge in [0, 0.05) is 18.6 Å². The van der Waals surface area contributed by atoms with Crippen LogP contribution in [0.2, 0.25) is 0 Å². The van der Waals surface area contributed by atoms with Crippen LogP contribution >= 0.6 is 0 Å². The molecule has 0 bridgehead atoms. The van der Waals surface area contributed by atoms with Gasteiger partial charge in [0.25, 0.3) is 0 Å². The fourth-order valence-corrected chi connectivity index (χ4v) is 4.57. The van der Waals surface area contributed by atoms with Gasteiger partial charge in [-0.3, -0.25) is 9.69 Å². The minimum absolute atomic E-state index is 0.0407. The number of amides is 1. The summed E-state index contributed by atoms with van der Waals surface area (Å²) in [6, 6.07) is -0.203. The topological polar surface area (TPSA) is 53.6 Å². The van der Waals surface area contributed by atoms with Crippen LogP contribution in [-0.4, -0.2) is 61.3 Å². The molecule has 3 aliphatic rings. The molecule has 3 rings (SSSR count). The van der Waals surface area contributed by atoms with Crippen LogP contribution in [0.5, 0.6) is 0 Å². The summed E-state index contributed by atoms with van der Waals surface area (Å²) < 4.78 is 5.61. The minimum Gasteiger partial charge on any atom is -0.375 e. The van der Waals surface area contributed by atoms with Crippen LogP contribution in [-0.2, 0) is 9.53 Å². The first-order chi connectivity index (χ1) is 11.2. The smallest absolute Gasteiger partial charge is 0.239 e. The molecule has 2 heterocycles. The molecule has 2 N–H and O–H groups in total. The molecule has 1 amide bonds. The van der Waals surface area contributed by atoms with Crippen LogP contribution < -0.4 is 10.6 Å². The van der Waals surface area contributed by atoms with Crippen molar-refractivity contribution < 1.29 is 9.53 Å². The van der Waals surface area contributed by atoms with Crippen molar-refractivity contribution in [3.05, 3.63) is 0 Å². The minimum atomic E-state index is -0.203. The Balaban J connectivity index is 1.60. The molecule has 23 heavy (non-hydrogen) atoms. The number of nitrogens with zero attached hydrogens (tertiary/aromatic N) is 1. The molecule has 0 aromatic carbocycles. The van der Waals surface area contributed by atoms with E-state index in [2.05, 4.69) is 15.5 Å². The van der Waals surface area contributed by atoms with Crippen molar-refractivity contribution in [3.8, 4) is 0 Å². The number of nitrogens with one attached hydrogen (secondary N) is 2. The Morgan fingerprint density at radius 2 is 1.87 bits per heavy atom. The first-order valence-corrected chi connectivity index (χ1v) is 9.59. The zero-order valence-electron chi connectivity index (χ0n) is 14.6. The maximum Gasteiger partial charge on any atom is 0.239 e. The van der Waals surface area contributed by atoms with Crippen molar-refractivity contribution in [1.29, 1.82) is 0 Å². The van der Waals surface area contributed by atoms with Gasteiger partial charge in [-0.25, -0.2) is 0 Å². The van der Waals surface area contributed by atoms with E-state index in [0.717, 1.165) is 13.1 Å². The van der Waals surface area contributed by atoms with E-state index in [-0.39, 0.29) is 23.6 Å². The Kier molecular flexibility index (Phi) is 5.94. The van der Waals surface area contributed by atoms with Gasteiger partial charge in [0.2, 0.25) is 5.91 Å². The molecule has 132 valence electrons. The fraction of sp³-hybridized carbons (Fsp3) is 0.944. The third-order valence-electron chi connectivity index (χ3n) is 6.00. The third kappa shape index (κ3) is 4.06. The number of carbonyl (C=O) groups excluding carboxylic acids is 1. The van der Waals surface area contributed by atoms with Gasteiger partial charge in [-0.05, 0) is 45.7 Å². The van der Waals surface area contributed by atoms with E-state index in [9.17, 15) is 4.79 Å².